The van der Waals surface area contributed by atoms with Gasteiger partial charge in [0.15, 0.2) is 5.65 Å². The predicted molar refractivity (Wildman–Crippen MR) is 74.7 cm³/mol. The van der Waals surface area contributed by atoms with E-state index in [1.54, 1.807) is 5.51 Å². The molecule has 0 bridgehead atoms. The summed E-state index contributed by atoms with van der Waals surface area (Å²) in [6, 6.07) is 9.82. The van der Waals surface area contributed by atoms with Crippen LogP contribution in [-0.2, 0) is 0 Å². The molecule has 3 rings (SSSR count). The highest BCUT2D eigenvalue weighted by Crippen LogP contribution is 2.41. The number of fused-ring (bicyclic) bond motifs is 1. The molecule has 5 nitrogen and oxygen atoms in total. The zero-order chi connectivity index (χ0) is 13.2. The topological polar surface area (TPSA) is 81.0 Å². The van der Waals surface area contributed by atoms with Gasteiger partial charge in [-0.15, -0.1) is 11.3 Å². The van der Waals surface area contributed by atoms with Crippen molar-refractivity contribution in [1.82, 2.24) is 9.97 Å². The standard InChI is InChI=1S/C12H9N3O2S2/c13-12(16)17-11-9(8-10(15-11)14-6-18-8)19-7-4-2-1-3-5-7/h1-6,15H,(H2,13,16). The van der Waals surface area contributed by atoms with E-state index < -0.39 is 6.09 Å². The minimum Gasteiger partial charge on any atom is -0.392 e. The third kappa shape index (κ3) is 2.42. The van der Waals surface area contributed by atoms with Crippen LogP contribution in [0.1, 0.15) is 0 Å². The Kier molecular flexibility index (Phi) is 3.14. The molecule has 2 heterocycles. The van der Waals surface area contributed by atoms with Crippen LogP contribution in [0.4, 0.5) is 4.79 Å². The molecule has 2 aromatic heterocycles. The lowest BCUT2D eigenvalue weighted by Gasteiger charge is -2.03. The minimum atomic E-state index is -0.844. The molecule has 19 heavy (non-hydrogen) atoms. The van der Waals surface area contributed by atoms with Gasteiger partial charge in [0.25, 0.3) is 0 Å². The monoisotopic (exact) mass is 291 g/mol. The first-order valence-corrected chi connectivity index (χ1v) is 7.09. The molecule has 0 saturated heterocycles. The number of nitrogens with zero attached hydrogens (tertiary/aromatic N) is 1. The van der Waals surface area contributed by atoms with Gasteiger partial charge in [-0.2, -0.15) is 0 Å². The summed E-state index contributed by atoms with van der Waals surface area (Å²) in [6.07, 6.45) is -0.844. The molecule has 3 aromatic rings. The number of amides is 1. The van der Waals surface area contributed by atoms with Crippen LogP contribution < -0.4 is 10.5 Å². The molecule has 0 aliphatic rings. The fourth-order valence-corrected chi connectivity index (χ4v) is 3.49. The predicted octanol–water partition coefficient (Wildman–Crippen LogP) is 3.23. The van der Waals surface area contributed by atoms with Crippen LogP contribution in [0.25, 0.3) is 10.3 Å². The summed E-state index contributed by atoms with van der Waals surface area (Å²) in [4.78, 5) is 19.9. The zero-order valence-electron chi connectivity index (χ0n) is 9.62. The quantitative estimate of drug-likeness (QED) is 0.776. The highest BCUT2D eigenvalue weighted by atomic mass is 32.2. The molecule has 0 aliphatic heterocycles. The lowest BCUT2D eigenvalue weighted by molar-refractivity contribution is 0.208. The lowest BCUT2D eigenvalue weighted by Crippen LogP contribution is -2.16. The Balaban J connectivity index is 2.04. The zero-order valence-corrected chi connectivity index (χ0v) is 11.3. The Morgan fingerprint density at radius 3 is 2.89 bits per heavy atom. The van der Waals surface area contributed by atoms with Crippen molar-refractivity contribution in [2.24, 2.45) is 5.73 Å². The van der Waals surface area contributed by atoms with Crippen LogP contribution in [-0.4, -0.2) is 16.1 Å². The van der Waals surface area contributed by atoms with Crippen LogP contribution in [0.3, 0.4) is 0 Å². The molecule has 0 saturated carbocycles. The van der Waals surface area contributed by atoms with E-state index in [0.717, 1.165) is 14.5 Å². The molecule has 1 aromatic carbocycles. The number of aromatic nitrogens is 2. The first-order chi connectivity index (χ1) is 9.24. The number of carbonyl (C=O) groups excluding carboxylic acids is 1. The number of hydrogen-bond donors (Lipinski definition) is 2. The number of primary amides is 1. The SMILES string of the molecule is NC(=O)Oc1[nH]c2ncsc2c1Sc1ccccc1. The molecule has 1 amide bonds. The van der Waals surface area contributed by atoms with E-state index in [-0.39, 0.29) is 0 Å². The molecular weight excluding hydrogens is 282 g/mol. The summed E-state index contributed by atoms with van der Waals surface area (Å²) in [6.45, 7) is 0. The number of nitrogens with two attached hydrogens (primary N) is 1. The van der Waals surface area contributed by atoms with E-state index in [1.165, 1.54) is 23.1 Å². The summed E-state index contributed by atoms with van der Waals surface area (Å²) in [5.41, 5.74) is 7.50. The Morgan fingerprint density at radius 1 is 1.37 bits per heavy atom. The van der Waals surface area contributed by atoms with Crippen molar-refractivity contribution in [3.8, 4) is 5.88 Å². The maximum Gasteiger partial charge on any atom is 0.411 e. The first kappa shape index (κ1) is 12.1. The normalized spacial score (nSPS) is 10.7. The van der Waals surface area contributed by atoms with Gasteiger partial charge in [-0.05, 0) is 12.1 Å². The van der Waals surface area contributed by atoms with Crippen LogP contribution in [0.5, 0.6) is 5.88 Å². The van der Waals surface area contributed by atoms with Crippen molar-refractivity contribution in [2.45, 2.75) is 9.79 Å². The number of thiazole rings is 1. The largest absolute Gasteiger partial charge is 0.411 e. The second-order valence-electron chi connectivity index (χ2n) is 3.65. The van der Waals surface area contributed by atoms with Crippen molar-refractivity contribution in [3.63, 3.8) is 0 Å². The van der Waals surface area contributed by atoms with Gasteiger partial charge in [-0.1, -0.05) is 30.0 Å². The number of nitrogens with one attached hydrogen (secondary N) is 1. The van der Waals surface area contributed by atoms with Crippen molar-refractivity contribution in [2.75, 3.05) is 0 Å². The Labute approximate surface area is 116 Å². The molecule has 0 spiro atoms. The maximum atomic E-state index is 10.9. The van der Waals surface area contributed by atoms with Gasteiger partial charge in [0.2, 0.25) is 5.88 Å². The van der Waals surface area contributed by atoms with Crippen LogP contribution in [0, 0.1) is 0 Å². The fraction of sp³-hybridized carbons (Fsp3) is 0. The van der Waals surface area contributed by atoms with E-state index in [1.807, 2.05) is 30.3 Å². The average Bonchev–Trinajstić information content (AvgIpc) is 2.94. The number of benzene rings is 1. The number of carbonyl (C=O) groups is 1. The van der Waals surface area contributed by atoms with Gasteiger partial charge in [-0.25, -0.2) is 9.78 Å². The number of ether oxygens (including phenoxy) is 1. The Morgan fingerprint density at radius 2 is 2.16 bits per heavy atom. The van der Waals surface area contributed by atoms with E-state index in [9.17, 15) is 4.79 Å². The molecule has 0 unspecified atom stereocenters. The van der Waals surface area contributed by atoms with Gasteiger partial charge < -0.3 is 15.5 Å². The maximum absolute atomic E-state index is 10.9. The highest BCUT2D eigenvalue weighted by Gasteiger charge is 2.17. The fourth-order valence-electron chi connectivity index (χ4n) is 1.64. The van der Waals surface area contributed by atoms with Crippen molar-refractivity contribution >= 4 is 39.5 Å². The lowest BCUT2D eigenvalue weighted by atomic mass is 10.4. The van der Waals surface area contributed by atoms with Gasteiger partial charge in [-0.3, -0.25) is 0 Å². The number of rotatable bonds is 3. The van der Waals surface area contributed by atoms with Gasteiger partial charge in [0.1, 0.15) is 0 Å². The summed E-state index contributed by atoms with van der Waals surface area (Å²) in [7, 11) is 0. The van der Waals surface area contributed by atoms with E-state index >= 15 is 0 Å². The highest BCUT2D eigenvalue weighted by molar-refractivity contribution is 7.99. The van der Waals surface area contributed by atoms with Gasteiger partial charge in [0, 0.05) is 4.90 Å². The Hall–Kier alpha value is -1.99. The first-order valence-electron chi connectivity index (χ1n) is 5.39. The smallest absolute Gasteiger partial charge is 0.392 e. The summed E-state index contributed by atoms with van der Waals surface area (Å²) in [5.74, 6) is 0.343. The van der Waals surface area contributed by atoms with Crippen LogP contribution in [0.2, 0.25) is 0 Å². The molecule has 0 fully saturated rings. The second kappa shape index (κ2) is 4.94. The van der Waals surface area contributed by atoms with E-state index in [0.29, 0.717) is 11.5 Å². The molecule has 0 aliphatic carbocycles. The number of H-pyrrole nitrogens is 1. The summed E-state index contributed by atoms with van der Waals surface area (Å²) >= 11 is 2.99. The number of hydrogen-bond acceptors (Lipinski definition) is 5. The molecular formula is C12H9N3O2S2. The molecule has 7 heteroatoms. The minimum absolute atomic E-state index is 0.343. The summed E-state index contributed by atoms with van der Waals surface area (Å²) < 4.78 is 5.94. The van der Waals surface area contributed by atoms with Crippen molar-refractivity contribution in [3.05, 3.63) is 35.8 Å². The summed E-state index contributed by atoms with van der Waals surface area (Å²) in [5, 5.41) is 0. The van der Waals surface area contributed by atoms with Crippen molar-refractivity contribution < 1.29 is 9.53 Å². The molecule has 0 radical (unpaired) electrons. The molecule has 3 N–H and O–H groups in total. The van der Waals surface area contributed by atoms with Crippen LogP contribution >= 0.6 is 23.1 Å². The van der Waals surface area contributed by atoms with Gasteiger partial charge in [0.05, 0.1) is 15.1 Å². The second-order valence-corrected chi connectivity index (χ2v) is 5.59. The molecule has 96 valence electrons. The third-order valence-corrected chi connectivity index (χ3v) is 4.45. The molecule has 0 atom stereocenters. The van der Waals surface area contributed by atoms with Crippen LogP contribution in [0.15, 0.2) is 45.6 Å². The van der Waals surface area contributed by atoms with Gasteiger partial charge >= 0.3 is 6.09 Å². The number of aromatic amines is 1. The van der Waals surface area contributed by atoms with E-state index in [4.69, 9.17) is 10.5 Å². The van der Waals surface area contributed by atoms with E-state index in [2.05, 4.69) is 9.97 Å². The van der Waals surface area contributed by atoms with Crippen molar-refractivity contribution in [1.29, 1.82) is 0 Å². The third-order valence-electron chi connectivity index (χ3n) is 2.38. The average molecular weight is 291 g/mol. The Bertz CT molecular complexity index is 721.